The third kappa shape index (κ3) is 3.11. The summed E-state index contributed by atoms with van der Waals surface area (Å²) >= 11 is 0. The van der Waals surface area contributed by atoms with Crippen LogP contribution in [0.1, 0.15) is 17.3 Å². The number of aryl methyl sites for hydroxylation is 1. The summed E-state index contributed by atoms with van der Waals surface area (Å²) in [7, 11) is 1.28. The van der Waals surface area contributed by atoms with Crippen molar-refractivity contribution in [1.82, 2.24) is 9.13 Å². The van der Waals surface area contributed by atoms with Crippen LogP contribution in [0.25, 0.3) is 11.0 Å². The molecule has 0 saturated carbocycles. The Balaban J connectivity index is 1.91. The monoisotopic (exact) mass is 353 g/mol. The van der Waals surface area contributed by atoms with E-state index >= 15 is 0 Å². The van der Waals surface area contributed by atoms with Crippen LogP contribution in [0.2, 0.25) is 0 Å². The van der Waals surface area contributed by atoms with Gasteiger partial charge in [0.25, 0.3) is 0 Å². The highest BCUT2D eigenvalue weighted by Crippen LogP contribution is 2.17. The Hall–Kier alpha value is -3.35. The van der Waals surface area contributed by atoms with Gasteiger partial charge in [-0.1, -0.05) is 24.3 Å². The van der Waals surface area contributed by atoms with E-state index in [1.807, 2.05) is 25.1 Å². The Morgan fingerprint density at radius 2 is 1.62 bits per heavy atom. The molecule has 1 amide bonds. The summed E-state index contributed by atoms with van der Waals surface area (Å²) in [6.45, 7) is 2.24. The van der Waals surface area contributed by atoms with Gasteiger partial charge in [-0.3, -0.25) is 13.9 Å². The van der Waals surface area contributed by atoms with E-state index < -0.39 is 11.9 Å². The van der Waals surface area contributed by atoms with E-state index in [4.69, 9.17) is 4.74 Å². The molecule has 3 rings (SSSR count). The van der Waals surface area contributed by atoms with Crippen molar-refractivity contribution in [2.45, 2.75) is 20.0 Å². The molecule has 2 aromatic carbocycles. The van der Waals surface area contributed by atoms with E-state index in [9.17, 15) is 14.4 Å². The highest BCUT2D eigenvalue weighted by Gasteiger charge is 2.17. The lowest BCUT2D eigenvalue weighted by molar-refractivity contribution is -0.116. The molecule has 7 heteroatoms. The SMILES string of the molecule is CCn1c(=O)n(CC(=O)Nc2ccccc2C(=O)OC)c2ccccc21. The standard InChI is InChI=1S/C19H19N3O4/c1-3-21-15-10-6-7-11-16(15)22(19(21)25)12-17(23)20-14-9-5-4-8-13(14)18(24)26-2/h4-11H,3,12H2,1-2H3,(H,20,23). The Labute approximate surface area is 149 Å². The molecule has 0 aliphatic carbocycles. The van der Waals surface area contributed by atoms with Crippen molar-refractivity contribution < 1.29 is 14.3 Å². The molecule has 1 N–H and O–H groups in total. The van der Waals surface area contributed by atoms with Gasteiger partial charge in [0, 0.05) is 6.54 Å². The Morgan fingerprint density at radius 3 is 2.27 bits per heavy atom. The first-order valence-corrected chi connectivity index (χ1v) is 8.22. The Bertz CT molecular complexity index is 1030. The fourth-order valence-electron chi connectivity index (χ4n) is 2.94. The number of nitrogens with zero attached hydrogens (tertiary/aromatic N) is 2. The number of amides is 1. The van der Waals surface area contributed by atoms with Gasteiger partial charge in [0.1, 0.15) is 6.54 Å². The number of esters is 1. The molecule has 0 bridgehead atoms. The van der Waals surface area contributed by atoms with Crippen molar-refractivity contribution in [1.29, 1.82) is 0 Å². The van der Waals surface area contributed by atoms with Gasteiger partial charge in [-0.05, 0) is 31.2 Å². The number of aromatic nitrogens is 2. The Kier molecular flexibility index (Phi) is 4.88. The second kappa shape index (κ2) is 7.26. The molecule has 0 aliphatic heterocycles. The number of hydrogen-bond donors (Lipinski definition) is 1. The maximum atomic E-state index is 12.6. The summed E-state index contributed by atoms with van der Waals surface area (Å²) in [6.07, 6.45) is 0. The number of anilines is 1. The van der Waals surface area contributed by atoms with Crippen LogP contribution in [-0.4, -0.2) is 28.1 Å². The molecule has 0 atom stereocenters. The average Bonchev–Trinajstić information content (AvgIpc) is 2.92. The number of fused-ring (bicyclic) bond motifs is 1. The second-order valence-electron chi connectivity index (χ2n) is 5.69. The molecule has 0 fully saturated rings. The lowest BCUT2D eigenvalue weighted by Crippen LogP contribution is -2.29. The highest BCUT2D eigenvalue weighted by atomic mass is 16.5. The van der Waals surface area contributed by atoms with Crippen LogP contribution in [0.15, 0.2) is 53.3 Å². The number of ether oxygens (including phenoxy) is 1. The van der Waals surface area contributed by atoms with Crippen LogP contribution in [-0.2, 0) is 22.6 Å². The van der Waals surface area contributed by atoms with Gasteiger partial charge >= 0.3 is 11.7 Å². The predicted octanol–water partition coefficient (Wildman–Crippen LogP) is 2.25. The van der Waals surface area contributed by atoms with E-state index in [0.717, 1.165) is 5.52 Å². The maximum absolute atomic E-state index is 12.6. The summed E-state index contributed by atoms with van der Waals surface area (Å²) < 4.78 is 7.76. The minimum atomic E-state index is -0.541. The van der Waals surface area contributed by atoms with Crippen LogP contribution in [0.5, 0.6) is 0 Å². The highest BCUT2D eigenvalue weighted by molar-refractivity contribution is 6.01. The number of rotatable bonds is 5. The summed E-state index contributed by atoms with van der Waals surface area (Å²) in [5.74, 6) is -0.942. The molecular weight excluding hydrogens is 334 g/mol. The van der Waals surface area contributed by atoms with Crippen molar-refractivity contribution in [2.24, 2.45) is 0 Å². The molecule has 0 spiro atoms. The first-order chi connectivity index (χ1) is 12.6. The van der Waals surface area contributed by atoms with Crippen molar-refractivity contribution >= 4 is 28.6 Å². The van der Waals surface area contributed by atoms with Gasteiger partial charge in [-0.25, -0.2) is 9.59 Å². The van der Waals surface area contributed by atoms with Gasteiger partial charge in [0.05, 0.1) is 29.4 Å². The molecule has 134 valence electrons. The number of hydrogen-bond acceptors (Lipinski definition) is 4. The lowest BCUT2D eigenvalue weighted by Gasteiger charge is -2.10. The third-order valence-corrected chi connectivity index (χ3v) is 4.15. The van der Waals surface area contributed by atoms with Crippen LogP contribution in [0.3, 0.4) is 0 Å². The summed E-state index contributed by atoms with van der Waals surface area (Å²) in [5, 5.41) is 2.68. The van der Waals surface area contributed by atoms with E-state index in [-0.39, 0.29) is 17.8 Å². The van der Waals surface area contributed by atoms with E-state index in [2.05, 4.69) is 5.32 Å². The van der Waals surface area contributed by atoms with Crippen LogP contribution < -0.4 is 11.0 Å². The van der Waals surface area contributed by atoms with Crippen molar-refractivity contribution in [3.8, 4) is 0 Å². The van der Waals surface area contributed by atoms with Gasteiger partial charge in [0.2, 0.25) is 5.91 Å². The average molecular weight is 353 g/mol. The number of imidazole rings is 1. The predicted molar refractivity (Wildman–Crippen MR) is 98.3 cm³/mol. The zero-order valence-electron chi connectivity index (χ0n) is 14.6. The normalized spacial score (nSPS) is 10.7. The largest absolute Gasteiger partial charge is 0.465 e. The smallest absolute Gasteiger partial charge is 0.339 e. The van der Waals surface area contributed by atoms with Crippen LogP contribution in [0.4, 0.5) is 5.69 Å². The first kappa shape index (κ1) is 17.5. The van der Waals surface area contributed by atoms with Gasteiger partial charge in [0.15, 0.2) is 0 Å². The second-order valence-corrected chi connectivity index (χ2v) is 5.69. The van der Waals surface area contributed by atoms with Gasteiger partial charge in [-0.15, -0.1) is 0 Å². The summed E-state index contributed by atoms with van der Waals surface area (Å²) in [6, 6.07) is 13.9. The summed E-state index contributed by atoms with van der Waals surface area (Å²) in [4.78, 5) is 36.9. The number of benzene rings is 2. The minimum absolute atomic E-state index is 0.151. The van der Waals surface area contributed by atoms with Gasteiger partial charge < -0.3 is 10.1 Å². The van der Waals surface area contributed by atoms with E-state index in [1.54, 1.807) is 34.9 Å². The molecule has 0 saturated heterocycles. The number of methoxy groups -OCH3 is 1. The molecule has 26 heavy (non-hydrogen) atoms. The zero-order valence-corrected chi connectivity index (χ0v) is 14.6. The lowest BCUT2D eigenvalue weighted by atomic mass is 10.2. The number of carbonyl (C=O) groups is 2. The number of para-hydroxylation sites is 3. The zero-order chi connectivity index (χ0) is 18.7. The molecular formula is C19H19N3O4. The fraction of sp³-hybridized carbons (Fsp3) is 0.211. The minimum Gasteiger partial charge on any atom is -0.465 e. The molecule has 1 aromatic heterocycles. The Morgan fingerprint density at radius 1 is 1.00 bits per heavy atom. The molecule has 1 heterocycles. The molecule has 3 aromatic rings. The fourth-order valence-corrected chi connectivity index (χ4v) is 2.94. The number of carbonyl (C=O) groups excluding carboxylic acids is 2. The topological polar surface area (TPSA) is 82.3 Å². The van der Waals surface area contributed by atoms with E-state index in [0.29, 0.717) is 17.7 Å². The maximum Gasteiger partial charge on any atom is 0.339 e. The molecule has 0 radical (unpaired) electrons. The van der Waals surface area contributed by atoms with Crippen molar-refractivity contribution in [2.75, 3.05) is 12.4 Å². The quantitative estimate of drug-likeness (QED) is 0.713. The van der Waals surface area contributed by atoms with E-state index in [1.165, 1.54) is 11.7 Å². The molecule has 0 aliphatic rings. The van der Waals surface area contributed by atoms with Crippen LogP contribution in [0, 0.1) is 0 Å². The van der Waals surface area contributed by atoms with Crippen molar-refractivity contribution in [3.63, 3.8) is 0 Å². The van der Waals surface area contributed by atoms with Crippen LogP contribution >= 0.6 is 0 Å². The van der Waals surface area contributed by atoms with Crippen molar-refractivity contribution in [3.05, 3.63) is 64.6 Å². The summed E-state index contributed by atoms with van der Waals surface area (Å²) in [5.41, 5.74) is 1.83. The van der Waals surface area contributed by atoms with Gasteiger partial charge in [-0.2, -0.15) is 0 Å². The number of nitrogens with one attached hydrogen (secondary N) is 1. The molecule has 7 nitrogen and oxygen atoms in total. The third-order valence-electron chi connectivity index (χ3n) is 4.15. The molecule has 0 unspecified atom stereocenters. The first-order valence-electron chi connectivity index (χ1n) is 8.22.